The maximum atomic E-state index is 13.1. The molecule has 0 unspecified atom stereocenters. The maximum absolute atomic E-state index is 13.1. The number of nitrogens with zero attached hydrogens (tertiary/aromatic N) is 3. The van der Waals surface area contributed by atoms with E-state index < -0.39 is 12.0 Å². The van der Waals surface area contributed by atoms with E-state index in [2.05, 4.69) is 15.4 Å². The monoisotopic (exact) mass is 348 g/mol. The molecule has 0 amide bonds. The third-order valence-corrected chi connectivity index (χ3v) is 5.06. The van der Waals surface area contributed by atoms with Gasteiger partial charge in [-0.1, -0.05) is 24.3 Å². The summed E-state index contributed by atoms with van der Waals surface area (Å²) >= 11 is 0. The van der Waals surface area contributed by atoms with Crippen LogP contribution in [0.3, 0.4) is 0 Å². The first-order valence-corrected chi connectivity index (χ1v) is 8.44. The molecule has 3 heterocycles. The lowest BCUT2D eigenvalue weighted by Crippen LogP contribution is -2.40. The lowest BCUT2D eigenvalue weighted by Gasteiger charge is -2.37. The van der Waals surface area contributed by atoms with Gasteiger partial charge in [0.1, 0.15) is 23.6 Å². The van der Waals surface area contributed by atoms with Gasteiger partial charge in [0, 0.05) is 23.6 Å². The molecular weight excluding hydrogens is 332 g/mol. The predicted octanol–water partition coefficient (Wildman–Crippen LogP) is 2.85. The van der Waals surface area contributed by atoms with E-state index in [-0.39, 0.29) is 17.5 Å². The van der Waals surface area contributed by atoms with Crippen molar-refractivity contribution in [3.63, 3.8) is 0 Å². The van der Waals surface area contributed by atoms with Gasteiger partial charge in [-0.2, -0.15) is 10.1 Å². The smallest absolute Gasteiger partial charge is 0.226 e. The number of benzene rings is 1. The number of anilines is 1. The van der Waals surface area contributed by atoms with Gasteiger partial charge >= 0.3 is 0 Å². The highest BCUT2D eigenvalue weighted by atomic mass is 16.3. The molecule has 1 aromatic carbocycles. The second-order valence-corrected chi connectivity index (χ2v) is 6.55. The number of Topliss-reactive ketones (excluding diaryl/α,β-unsaturated/α-hetero) is 1. The second kappa shape index (κ2) is 5.59. The van der Waals surface area contributed by atoms with E-state index >= 15 is 0 Å². The normalized spacial score (nSPS) is 24.4. The second-order valence-electron chi connectivity index (χ2n) is 6.55. The highest BCUT2D eigenvalue weighted by Crippen LogP contribution is 2.45. The van der Waals surface area contributed by atoms with Crippen molar-refractivity contribution in [2.75, 3.05) is 5.32 Å². The van der Waals surface area contributed by atoms with Crippen LogP contribution in [0.2, 0.25) is 0 Å². The number of furan rings is 1. The quantitative estimate of drug-likeness (QED) is 0.740. The molecule has 0 saturated heterocycles. The largest absolute Gasteiger partial charge is 0.508 e. The van der Waals surface area contributed by atoms with Gasteiger partial charge in [-0.3, -0.25) is 4.79 Å². The fourth-order valence-corrected chi connectivity index (χ4v) is 3.91. The molecule has 2 aromatic heterocycles. The van der Waals surface area contributed by atoms with E-state index in [0.29, 0.717) is 17.9 Å². The minimum absolute atomic E-state index is 0.0748. The number of carbonyl (C=O) groups is 1. The first-order valence-electron chi connectivity index (χ1n) is 8.44. The van der Waals surface area contributed by atoms with Crippen molar-refractivity contribution in [3.8, 4) is 5.75 Å². The number of aromatic hydroxyl groups is 1. The van der Waals surface area contributed by atoms with Crippen LogP contribution in [0.5, 0.6) is 5.75 Å². The van der Waals surface area contributed by atoms with Crippen LogP contribution in [-0.4, -0.2) is 25.7 Å². The zero-order valence-electron chi connectivity index (χ0n) is 13.7. The Morgan fingerprint density at radius 1 is 1.23 bits per heavy atom. The Hall–Kier alpha value is -3.35. The summed E-state index contributed by atoms with van der Waals surface area (Å²) in [4.78, 5) is 17.3. The van der Waals surface area contributed by atoms with Crippen LogP contribution in [0.15, 0.2) is 65.2 Å². The molecule has 0 bridgehead atoms. The van der Waals surface area contributed by atoms with Crippen molar-refractivity contribution in [3.05, 3.63) is 72.1 Å². The molecule has 26 heavy (non-hydrogen) atoms. The number of ketones is 1. The van der Waals surface area contributed by atoms with Crippen molar-refractivity contribution in [2.45, 2.75) is 18.4 Å². The van der Waals surface area contributed by atoms with Crippen LogP contribution in [0, 0.1) is 5.92 Å². The molecule has 0 saturated carbocycles. The molecule has 130 valence electrons. The zero-order chi connectivity index (χ0) is 17.7. The van der Waals surface area contributed by atoms with Gasteiger partial charge in [-0.15, -0.1) is 0 Å². The standard InChI is InChI=1S/C19H16N4O3/c24-14-5-2-1-4-12(14)18-17-13(22-19-20-10-21-23(18)19)8-11(9-15(17)25)16-6-3-7-26-16/h1-8,10-11,17-18,24H,9H2,(H,20,21,22)/t11-,17-,18-/m0/s1. The van der Waals surface area contributed by atoms with Crippen molar-refractivity contribution in [2.24, 2.45) is 5.92 Å². The molecule has 7 heteroatoms. The number of carbonyl (C=O) groups excluding carboxylic acids is 1. The summed E-state index contributed by atoms with van der Waals surface area (Å²) in [5.41, 5.74) is 1.43. The summed E-state index contributed by atoms with van der Waals surface area (Å²) in [7, 11) is 0. The van der Waals surface area contributed by atoms with Crippen LogP contribution in [0.1, 0.15) is 29.7 Å². The molecule has 5 rings (SSSR count). The SMILES string of the molecule is O=C1C[C@@H](c2ccco2)C=C2Nc3ncnn3[C@@H](c3ccccc3O)[C@H]12. The molecule has 1 aliphatic carbocycles. The van der Waals surface area contributed by atoms with Crippen LogP contribution in [0.4, 0.5) is 5.95 Å². The lowest BCUT2D eigenvalue weighted by molar-refractivity contribution is -0.123. The third-order valence-electron chi connectivity index (χ3n) is 5.06. The van der Waals surface area contributed by atoms with Crippen molar-refractivity contribution in [1.29, 1.82) is 0 Å². The summed E-state index contributed by atoms with van der Waals surface area (Å²) in [6.07, 6.45) is 5.43. The highest BCUT2D eigenvalue weighted by molar-refractivity contribution is 5.88. The highest BCUT2D eigenvalue weighted by Gasteiger charge is 2.44. The van der Waals surface area contributed by atoms with E-state index in [1.807, 2.05) is 30.3 Å². The van der Waals surface area contributed by atoms with E-state index in [0.717, 1.165) is 11.5 Å². The van der Waals surface area contributed by atoms with Crippen molar-refractivity contribution in [1.82, 2.24) is 14.8 Å². The third kappa shape index (κ3) is 2.17. The fourth-order valence-electron chi connectivity index (χ4n) is 3.91. The number of hydrogen-bond donors (Lipinski definition) is 2. The first-order chi connectivity index (χ1) is 12.7. The summed E-state index contributed by atoms with van der Waals surface area (Å²) < 4.78 is 7.16. The minimum atomic E-state index is -0.455. The van der Waals surface area contributed by atoms with Gasteiger partial charge in [0.2, 0.25) is 5.95 Å². The van der Waals surface area contributed by atoms with E-state index in [9.17, 15) is 9.90 Å². The Balaban J connectivity index is 1.66. The molecule has 2 aliphatic rings. The Kier molecular flexibility index (Phi) is 3.21. The number of fused-ring (bicyclic) bond motifs is 2. The van der Waals surface area contributed by atoms with Gasteiger partial charge in [-0.25, -0.2) is 4.68 Å². The molecule has 7 nitrogen and oxygen atoms in total. The topological polar surface area (TPSA) is 93.2 Å². The predicted molar refractivity (Wildman–Crippen MR) is 92.5 cm³/mol. The molecule has 2 N–H and O–H groups in total. The van der Waals surface area contributed by atoms with Crippen molar-refractivity contribution < 1.29 is 14.3 Å². The Bertz CT molecular complexity index is 1010. The molecular formula is C19H16N4O3. The number of nitrogens with one attached hydrogen (secondary N) is 1. The van der Waals surface area contributed by atoms with Gasteiger partial charge < -0.3 is 14.8 Å². The molecule has 3 atom stereocenters. The van der Waals surface area contributed by atoms with E-state index in [1.165, 1.54) is 6.33 Å². The van der Waals surface area contributed by atoms with Crippen molar-refractivity contribution >= 4 is 11.7 Å². The number of allylic oxidation sites excluding steroid dienone is 2. The summed E-state index contributed by atoms with van der Waals surface area (Å²) in [6.45, 7) is 0. The minimum Gasteiger partial charge on any atom is -0.508 e. The number of phenolic OH excluding ortho intramolecular Hbond substituents is 1. The Morgan fingerprint density at radius 2 is 2.12 bits per heavy atom. The zero-order valence-corrected chi connectivity index (χ0v) is 13.7. The summed E-state index contributed by atoms with van der Waals surface area (Å²) in [5, 5.41) is 17.9. The fraction of sp³-hybridized carbons (Fsp3) is 0.211. The molecule has 3 aromatic rings. The maximum Gasteiger partial charge on any atom is 0.226 e. The average molecular weight is 348 g/mol. The van der Waals surface area contributed by atoms with E-state index in [4.69, 9.17) is 4.42 Å². The van der Waals surface area contributed by atoms with Gasteiger partial charge in [-0.05, 0) is 18.2 Å². The van der Waals surface area contributed by atoms with Gasteiger partial charge in [0.05, 0.1) is 18.2 Å². The number of aromatic nitrogens is 3. The number of hydrogen-bond acceptors (Lipinski definition) is 6. The molecule has 1 aliphatic heterocycles. The summed E-state index contributed by atoms with van der Waals surface area (Å²) in [6, 6.07) is 10.3. The lowest BCUT2D eigenvalue weighted by atomic mass is 9.76. The molecule has 0 spiro atoms. The molecule has 0 radical (unpaired) electrons. The van der Waals surface area contributed by atoms with Gasteiger partial charge in [0.25, 0.3) is 0 Å². The molecule has 0 fully saturated rings. The van der Waals surface area contributed by atoms with Gasteiger partial charge in [0.15, 0.2) is 0 Å². The Labute approximate surface area is 149 Å². The van der Waals surface area contributed by atoms with E-state index in [1.54, 1.807) is 23.1 Å². The number of rotatable bonds is 2. The van der Waals surface area contributed by atoms with Crippen LogP contribution >= 0.6 is 0 Å². The summed E-state index contributed by atoms with van der Waals surface area (Å²) in [5.74, 6) is 0.956. The Morgan fingerprint density at radius 3 is 2.92 bits per heavy atom. The number of para-hydroxylation sites is 1. The first kappa shape index (κ1) is 14.9. The average Bonchev–Trinajstić information content (AvgIpc) is 3.32. The van der Waals surface area contributed by atoms with Crippen LogP contribution in [0.25, 0.3) is 0 Å². The van der Waals surface area contributed by atoms with Crippen LogP contribution < -0.4 is 5.32 Å². The number of phenols is 1. The van der Waals surface area contributed by atoms with Crippen LogP contribution in [-0.2, 0) is 4.79 Å².